The first-order chi connectivity index (χ1) is 9.85. The lowest BCUT2D eigenvalue weighted by Crippen LogP contribution is -2.43. The third-order valence-electron chi connectivity index (χ3n) is 4.33. The molecule has 2 heterocycles. The van der Waals surface area contributed by atoms with Gasteiger partial charge in [0, 0.05) is 25.6 Å². The summed E-state index contributed by atoms with van der Waals surface area (Å²) in [5, 5.41) is 3.68. The Labute approximate surface area is 121 Å². The first-order valence-electron chi connectivity index (χ1n) is 7.94. The summed E-state index contributed by atoms with van der Waals surface area (Å²) < 4.78 is 11.8. The number of hydrogen-bond acceptors (Lipinski definition) is 3. The average Bonchev–Trinajstić information content (AvgIpc) is 2.89. The summed E-state index contributed by atoms with van der Waals surface area (Å²) in [4.78, 5) is 0. The van der Waals surface area contributed by atoms with E-state index in [4.69, 9.17) is 9.47 Å². The minimum absolute atomic E-state index is 0.292. The second-order valence-corrected chi connectivity index (χ2v) is 5.96. The highest BCUT2D eigenvalue weighted by molar-refractivity contribution is 5.37. The Morgan fingerprint density at radius 2 is 2.15 bits per heavy atom. The predicted molar refractivity (Wildman–Crippen MR) is 80.2 cm³/mol. The Bertz CT molecular complexity index is 408. The van der Waals surface area contributed by atoms with Crippen LogP contribution in [-0.2, 0) is 11.2 Å². The van der Waals surface area contributed by atoms with Gasteiger partial charge in [-0.25, -0.2) is 0 Å². The largest absolute Gasteiger partial charge is 0.488 e. The van der Waals surface area contributed by atoms with Crippen LogP contribution in [0.3, 0.4) is 0 Å². The molecule has 0 bridgehead atoms. The Morgan fingerprint density at radius 1 is 1.25 bits per heavy atom. The normalized spacial score (nSPS) is 28.9. The van der Waals surface area contributed by atoms with Gasteiger partial charge in [0.1, 0.15) is 11.9 Å². The molecule has 20 heavy (non-hydrogen) atoms. The van der Waals surface area contributed by atoms with Gasteiger partial charge in [-0.3, -0.25) is 0 Å². The maximum Gasteiger partial charge on any atom is 0.123 e. The van der Waals surface area contributed by atoms with Crippen molar-refractivity contribution in [3.05, 3.63) is 29.8 Å². The van der Waals surface area contributed by atoms with Crippen molar-refractivity contribution in [2.24, 2.45) is 0 Å². The summed E-state index contributed by atoms with van der Waals surface area (Å²) in [7, 11) is 0. The third kappa shape index (κ3) is 3.33. The van der Waals surface area contributed by atoms with E-state index in [9.17, 15) is 0 Å². The first kappa shape index (κ1) is 13.9. The van der Waals surface area contributed by atoms with E-state index < -0.39 is 0 Å². The van der Waals surface area contributed by atoms with E-state index in [1.807, 2.05) is 6.07 Å². The van der Waals surface area contributed by atoms with Gasteiger partial charge >= 0.3 is 0 Å². The Hall–Kier alpha value is -1.06. The first-order valence-corrected chi connectivity index (χ1v) is 7.94. The van der Waals surface area contributed by atoms with Crippen molar-refractivity contribution in [2.45, 2.75) is 57.3 Å². The van der Waals surface area contributed by atoms with Gasteiger partial charge in [0.2, 0.25) is 0 Å². The lowest BCUT2D eigenvalue weighted by Gasteiger charge is -2.30. The fourth-order valence-corrected chi connectivity index (χ4v) is 3.25. The van der Waals surface area contributed by atoms with Crippen LogP contribution in [0, 0.1) is 0 Å². The minimum Gasteiger partial charge on any atom is -0.488 e. The SMILES string of the molecule is CCCC1CC(NCC2Cc3ccccc3O2)CCO1. The summed E-state index contributed by atoms with van der Waals surface area (Å²) >= 11 is 0. The van der Waals surface area contributed by atoms with Gasteiger partial charge in [-0.1, -0.05) is 31.5 Å². The molecule has 0 amide bonds. The van der Waals surface area contributed by atoms with Gasteiger partial charge in [0.15, 0.2) is 0 Å². The molecule has 0 spiro atoms. The Morgan fingerprint density at radius 3 is 3.00 bits per heavy atom. The second kappa shape index (κ2) is 6.59. The molecule has 0 aliphatic carbocycles. The molecular weight excluding hydrogens is 250 g/mol. The quantitative estimate of drug-likeness (QED) is 0.896. The van der Waals surface area contributed by atoms with Gasteiger partial charge in [-0.2, -0.15) is 0 Å². The number of rotatable bonds is 5. The van der Waals surface area contributed by atoms with Crippen LogP contribution in [0.1, 0.15) is 38.2 Å². The highest BCUT2D eigenvalue weighted by Gasteiger charge is 2.25. The molecule has 1 aromatic carbocycles. The molecule has 1 fully saturated rings. The van der Waals surface area contributed by atoms with Crippen molar-refractivity contribution >= 4 is 0 Å². The van der Waals surface area contributed by atoms with Crippen LogP contribution in [0.5, 0.6) is 5.75 Å². The second-order valence-electron chi connectivity index (χ2n) is 5.96. The lowest BCUT2D eigenvalue weighted by atomic mass is 10.00. The predicted octanol–water partition coefficient (Wildman–Crippen LogP) is 2.93. The maximum atomic E-state index is 5.98. The van der Waals surface area contributed by atoms with Crippen LogP contribution in [0.4, 0.5) is 0 Å². The Balaban J connectivity index is 1.44. The molecule has 1 aromatic rings. The van der Waals surface area contributed by atoms with Crippen LogP contribution in [0.2, 0.25) is 0 Å². The molecule has 3 nitrogen and oxygen atoms in total. The standard InChI is InChI=1S/C17H25NO2/c1-2-5-15-11-14(8-9-19-15)18-12-16-10-13-6-3-4-7-17(13)20-16/h3-4,6-7,14-16,18H,2,5,8-12H2,1H3. The molecular formula is C17H25NO2. The van der Waals surface area contributed by atoms with Gasteiger partial charge in [0.05, 0.1) is 6.10 Å². The van der Waals surface area contributed by atoms with E-state index in [1.165, 1.54) is 18.4 Å². The zero-order valence-corrected chi connectivity index (χ0v) is 12.3. The number of nitrogens with one attached hydrogen (secondary N) is 1. The molecule has 0 saturated carbocycles. The number of ether oxygens (including phenoxy) is 2. The van der Waals surface area contributed by atoms with Crippen molar-refractivity contribution in [1.29, 1.82) is 0 Å². The van der Waals surface area contributed by atoms with Crippen molar-refractivity contribution in [2.75, 3.05) is 13.2 Å². The van der Waals surface area contributed by atoms with Crippen molar-refractivity contribution < 1.29 is 9.47 Å². The van der Waals surface area contributed by atoms with Crippen LogP contribution in [0.15, 0.2) is 24.3 Å². The fourth-order valence-electron chi connectivity index (χ4n) is 3.25. The van der Waals surface area contributed by atoms with Crippen LogP contribution < -0.4 is 10.1 Å². The summed E-state index contributed by atoms with van der Waals surface area (Å²) in [5.74, 6) is 1.06. The molecule has 3 rings (SSSR count). The van der Waals surface area contributed by atoms with E-state index in [0.29, 0.717) is 18.2 Å². The molecule has 3 heteroatoms. The highest BCUT2D eigenvalue weighted by atomic mass is 16.5. The van der Waals surface area contributed by atoms with Gasteiger partial charge in [-0.05, 0) is 30.9 Å². The van der Waals surface area contributed by atoms with E-state index in [-0.39, 0.29) is 0 Å². The zero-order valence-electron chi connectivity index (χ0n) is 12.3. The molecule has 0 aromatic heterocycles. The number of benzene rings is 1. The lowest BCUT2D eigenvalue weighted by molar-refractivity contribution is -0.00436. The van der Waals surface area contributed by atoms with Crippen LogP contribution in [0.25, 0.3) is 0 Å². The summed E-state index contributed by atoms with van der Waals surface area (Å²) in [6.07, 6.45) is 6.44. The summed E-state index contributed by atoms with van der Waals surface area (Å²) in [6.45, 7) is 4.07. The third-order valence-corrected chi connectivity index (χ3v) is 4.33. The zero-order chi connectivity index (χ0) is 13.8. The molecule has 0 radical (unpaired) electrons. The minimum atomic E-state index is 0.292. The molecule has 2 aliphatic heterocycles. The monoisotopic (exact) mass is 275 g/mol. The van der Waals surface area contributed by atoms with Gasteiger partial charge in [0.25, 0.3) is 0 Å². The van der Waals surface area contributed by atoms with Crippen molar-refractivity contribution in [3.63, 3.8) is 0 Å². The average molecular weight is 275 g/mol. The summed E-state index contributed by atoms with van der Waals surface area (Å²) in [6, 6.07) is 8.96. The van der Waals surface area contributed by atoms with E-state index in [2.05, 4.69) is 30.4 Å². The molecule has 110 valence electrons. The highest BCUT2D eigenvalue weighted by Crippen LogP contribution is 2.28. The maximum absolute atomic E-state index is 5.98. The molecule has 2 aliphatic rings. The smallest absolute Gasteiger partial charge is 0.123 e. The van der Waals surface area contributed by atoms with E-state index in [1.54, 1.807) is 0 Å². The number of para-hydroxylation sites is 1. The van der Waals surface area contributed by atoms with Crippen LogP contribution in [-0.4, -0.2) is 31.4 Å². The number of hydrogen-bond donors (Lipinski definition) is 1. The van der Waals surface area contributed by atoms with Gasteiger partial charge < -0.3 is 14.8 Å². The molecule has 1 saturated heterocycles. The van der Waals surface area contributed by atoms with Crippen LogP contribution >= 0.6 is 0 Å². The summed E-state index contributed by atoms with van der Waals surface area (Å²) in [5.41, 5.74) is 1.34. The molecule has 3 unspecified atom stereocenters. The fraction of sp³-hybridized carbons (Fsp3) is 0.647. The molecule has 1 N–H and O–H groups in total. The van der Waals surface area contributed by atoms with Crippen molar-refractivity contribution in [3.8, 4) is 5.75 Å². The topological polar surface area (TPSA) is 30.5 Å². The van der Waals surface area contributed by atoms with Crippen molar-refractivity contribution in [1.82, 2.24) is 5.32 Å². The van der Waals surface area contributed by atoms with E-state index >= 15 is 0 Å². The molecule has 3 atom stereocenters. The van der Waals surface area contributed by atoms with Gasteiger partial charge in [-0.15, -0.1) is 0 Å². The number of fused-ring (bicyclic) bond motifs is 1. The van der Waals surface area contributed by atoms with E-state index in [0.717, 1.165) is 38.2 Å². The Kier molecular flexibility index (Phi) is 4.58.